The van der Waals surface area contributed by atoms with E-state index in [2.05, 4.69) is 31.2 Å². The van der Waals surface area contributed by atoms with Crippen LogP contribution >= 0.6 is 27.5 Å². The van der Waals surface area contributed by atoms with E-state index in [-0.39, 0.29) is 12.6 Å². The number of fused-ring (bicyclic) bond motifs is 1. The zero-order chi connectivity index (χ0) is 24.6. The van der Waals surface area contributed by atoms with Gasteiger partial charge in [-0.3, -0.25) is 4.90 Å². The van der Waals surface area contributed by atoms with Gasteiger partial charge < -0.3 is 5.32 Å². The van der Waals surface area contributed by atoms with Crippen molar-refractivity contribution in [2.24, 2.45) is 0 Å². The maximum Gasteiger partial charge on any atom is 0.416 e. The van der Waals surface area contributed by atoms with Crippen LogP contribution in [-0.2, 0) is 12.7 Å². The summed E-state index contributed by atoms with van der Waals surface area (Å²) in [5, 5.41) is 8.63. The highest BCUT2D eigenvalue weighted by atomic mass is 79.9. The van der Waals surface area contributed by atoms with Crippen LogP contribution in [0.5, 0.6) is 0 Å². The molecular formula is C25H22BrClF3N5. The van der Waals surface area contributed by atoms with Crippen molar-refractivity contribution in [1.82, 2.24) is 19.5 Å². The molecular weight excluding hydrogens is 543 g/mol. The molecule has 2 aromatic carbocycles. The second-order valence-corrected chi connectivity index (χ2v) is 9.85. The highest BCUT2D eigenvalue weighted by Gasteiger charge is 2.33. The van der Waals surface area contributed by atoms with Gasteiger partial charge in [0.25, 0.3) is 0 Å². The van der Waals surface area contributed by atoms with E-state index >= 15 is 0 Å². The van der Waals surface area contributed by atoms with Gasteiger partial charge in [-0.05, 0) is 46.5 Å². The van der Waals surface area contributed by atoms with Crippen molar-refractivity contribution >= 4 is 39.0 Å². The lowest BCUT2D eigenvalue weighted by Gasteiger charge is -2.33. The van der Waals surface area contributed by atoms with Crippen molar-refractivity contribution in [2.75, 3.05) is 18.4 Å². The van der Waals surface area contributed by atoms with E-state index < -0.39 is 11.7 Å². The Morgan fingerprint density at radius 1 is 1.06 bits per heavy atom. The predicted octanol–water partition coefficient (Wildman–Crippen LogP) is 6.91. The average molecular weight is 565 g/mol. The Bertz CT molecular complexity index is 1350. The number of hydrogen-bond donors (Lipinski definition) is 1. The number of nitrogens with one attached hydrogen (secondary N) is 1. The standard InChI is InChI=1S/C25H22BrClF3N5/c26-20-14-31-35-23(13-22(33-24(20)35)18-6-2-4-8-21(18)27)32-17-9-11-34(12-10-17)15-16-5-1-3-7-19(16)25(28,29)30/h1-8,13-14,17,32H,9-12,15H2. The van der Waals surface area contributed by atoms with Crippen LogP contribution in [0.1, 0.15) is 24.0 Å². The summed E-state index contributed by atoms with van der Waals surface area (Å²) in [5.74, 6) is 0.788. The maximum atomic E-state index is 13.4. The summed E-state index contributed by atoms with van der Waals surface area (Å²) in [5.41, 5.74) is 1.98. The highest BCUT2D eigenvalue weighted by molar-refractivity contribution is 9.10. The van der Waals surface area contributed by atoms with E-state index in [9.17, 15) is 13.2 Å². The first-order valence-corrected chi connectivity index (χ1v) is 12.4. The van der Waals surface area contributed by atoms with Gasteiger partial charge in [0, 0.05) is 42.3 Å². The molecule has 0 unspecified atom stereocenters. The number of aromatic nitrogens is 3. The van der Waals surface area contributed by atoms with Gasteiger partial charge in [-0.15, -0.1) is 0 Å². The Balaban J connectivity index is 1.32. The maximum absolute atomic E-state index is 13.4. The summed E-state index contributed by atoms with van der Waals surface area (Å²) in [4.78, 5) is 6.81. The SMILES string of the molecule is FC(F)(F)c1ccccc1CN1CCC(Nc2cc(-c3ccccc3Cl)nc3c(Br)cnn23)CC1. The fraction of sp³-hybridized carbons (Fsp3) is 0.280. The molecule has 4 aromatic rings. The van der Waals surface area contributed by atoms with Crippen LogP contribution < -0.4 is 5.32 Å². The van der Waals surface area contributed by atoms with Crippen LogP contribution in [0, 0.1) is 0 Å². The van der Waals surface area contributed by atoms with E-state index in [1.165, 1.54) is 6.07 Å². The summed E-state index contributed by atoms with van der Waals surface area (Å²) < 4.78 is 42.6. The molecule has 5 nitrogen and oxygen atoms in total. The Hall–Kier alpha value is -2.62. The molecule has 0 spiro atoms. The quantitative estimate of drug-likeness (QED) is 0.286. The summed E-state index contributed by atoms with van der Waals surface area (Å²) >= 11 is 9.94. The molecule has 5 rings (SSSR count). The molecule has 1 N–H and O–H groups in total. The van der Waals surface area contributed by atoms with Crippen LogP contribution in [0.3, 0.4) is 0 Å². The van der Waals surface area contributed by atoms with Crippen LogP contribution in [0.4, 0.5) is 19.0 Å². The van der Waals surface area contributed by atoms with Crippen LogP contribution in [0.15, 0.2) is 65.3 Å². The molecule has 1 fully saturated rings. The van der Waals surface area contributed by atoms with Gasteiger partial charge in [0.1, 0.15) is 5.82 Å². The van der Waals surface area contributed by atoms with Crippen molar-refractivity contribution in [3.05, 3.63) is 81.4 Å². The Labute approximate surface area is 214 Å². The van der Waals surface area contributed by atoms with Gasteiger partial charge in [0.15, 0.2) is 5.65 Å². The number of benzene rings is 2. The van der Waals surface area contributed by atoms with Crippen molar-refractivity contribution in [3.8, 4) is 11.3 Å². The lowest BCUT2D eigenvalue weighted by Crippen LogP contribution is -2.39. The average Bonchev–Trinajstić information content (AvgIpc) is 3.21. The Morgan fingerprint density at radius 2 is 1.77 bits per heavy atom. The molecule has 3 heterocycles. The van der Waals surface area contributed by atoms with Crippen LogP contribution in [0.2, 0.25) is 5.02 Å². The van der Waals surface area contributed by atoms with E-state index in [0.29, 0.717) is 29.3 Å². The lowest BCUT2D eigenvalue weighted by atomic mass is 10.0. The number of anilines is 1. The lowest BCUT2D eigenvalue weighted by molar-refractivity contribution is -0.138. The summed E-state index contributed by atoms with van der Waals surface area (Å²) in [7, 11) is 0. The van der Waals surface area contributed by atoms with E-state index in [1.807, 2.05) is 30.3 Å². The molecule has 0 amide bonds. The number of hydrogen-bond acceptors (Lipinski definition) is 4. The second kappa shape index (κ2) is 9.79. The molecule has 182 valence electrons. The smallest absolute Gasteiger partial charge is 0.367 e. The van der Waals surface area contributed by atoms with Crippen molar-refractivity contribution in [3.63, 3.8) is 0 Å². The van der Waals surface area contributed by atoms with E-state index in [4.69, 9.17) is 16.6 Å². The molecule has 35 heavy (non-hydrogen) atoms. The molecule has 0 saturated carbocycles. The number of halogens is 5. The molecule has 2 aromatic heterocycles. The second-order valence-electron chi connectivity index (χ2n) is 8.58. The largest absolute Gasteiger partial charge is 0.416 e. The van der Waals surface area contributed by atoms with Gasteiger partial charge in [0.05, 0.1) is 21.9 Å². The first kappa shape index (κ1) is 24.1. The van der Waals surface area contributed by atoms with Gasteiger partial charge in [-0.2, -0.15) is 22.8 Å². The fourth-order valence-electron chi connectivity index (χ4n) is 4.47. The third-order valence-corrected chi connectivity index (χ3v) is 7.12. The molecule has 1 aliphatic heterocycles. The number of rotatable bonds is 5. The zero-order valence-corrected chi connectivity index (χ0v) is 20.9. The Morgan fingerprint density at radius 3 is 2.51 bits per heavy atom. The van der Waals surface area contributed by atoms with Gasteiger partial charge >= 0.3 is 6.18 Å². The minimum atomic E-state index is -4.35. The van der Waals surface area contributed by atoms with Gasteiger partial charge in [-0.1, -0.05) is 48.0 Å². The number of alkyl halides is 3. The fourth-order valence-corrected chi connectivity index (χ4v) is 5.05. The first-order valence-electron chi connectivity index (χ1n) is 11.2. The van der Waals surface area contributed by atoms with E-state index in [1.54, 1.807) is 22.8 Å². The van der Waals surface area contributed by atoms with Crippen LogP contribution in [-0.4, -0.2) is 38.6 Å². The molecule has 0 atom stereocenters. The third-order valence-electron chi connectivity index (χ3n) is 6.23. The summed E-state index contributed by atoms with van der Waals surface area (Å²) in [6, 6.07) is 15.4. The zero-order valence-electron chi connectivity index (χ0n) is 18.6. The highest BCUT2D eigenvalue weighted by Crippen LogP contribution is 2.33. The van der Waals surface area contributed by atoms with Crippen LogP contribution in [0.25, 0.3) is 16.9 Å². The number of nitrogens with zero attached hydrogens (tertiary/aromatic N) is 4. The topological polar surface area (TPSA) is 45.5 Å². The van der Waals surface area contributed by atoms with Gasteiger partial charge in [0.2, 0.25) is 0 Å². The number of piperidine rings is 1. The number of likely N-dealkylation sites (tertiary alicyclic amines) is 1. The molecule has 0 radical (unpaired) electrons. The minimum Gasteiger partial charge on any atom is -0.367 e. The third kappa shape index (κ3) is 5.17. The molecule has 0 aliphatic carbocycles. The van der Waals surface area contributed by atoms with Crippen molar-refractivity contribution < 1.29 is 13.2 Å². The van der Waals surface area contributed by atoms with E-state index in [0.717, 1.165) is 40.5 Å². The van der Waals surface area contributed by atoms with Crippen molar-refractivity contribution in [1.29, 1.82) is 0 Å². The minimum absolute atomic E-state index is 0.150. The van der Waals surface area contributed by atoms with Gasteiger partial charge in [-0.25, -0.2) is 4.98 Å². The molecule has 0 bridgehead atoms. The summed E-state index contributed by atoms with van der Waals surface area (Å²) in [6.07, 6.45) is -1.06. The molecule has 1 saturated heterocycles. The molecule has 10 heteroatoms. The molecule has 1 aliphatic rings. The summed E-state index contributed by atoms with van der Waals surface area (Å²) in [6.45, 7) is 1.67. The van der Waals surface area contributed by atoms with Crippen molar-refractivity contribution in [2.45, 2.75) is 31.6 Å². The monoisotopic (exact) mass is 563 g/mol. The first-order chi connectivity index (χ1) is 16.8. The Kier molecular flexibility index (Phi) is 6.74. The predicted molar refractivity (Wildman–Crippen MR) is 134 cm³/mol. The normalized spacial score (nSPS) is 15.6.